The molecule has 0 aliphatic rings. The highest BCUT2D eigenvalue weighted by molar-refractivity contribution is 5.85. The van der Waals surface area contributed by atoms with Gasteiger partial charge in [0.1, 0.15) is 5.75 Å². The van der Waals surface area contributed by atoms with Crippen LogP contribution in [0.2, 0.25) is 0 Å². The van der Waals surface area contributed by atoms with E-state index in [4.69, 9.17) is 4.74 Å². The van der Waals surface area contributed by atoms with Gasteiger partial charge in [-0.05, 0) is 30.7 Å². The Hall–Kier alpha value is -1.48. The maximum Gasteiger partial charge on any atom is 0.119 e. The van der Waals surface area contributed by atoms with Crippen LogP contribution in [0.1, 0.15) is 25.1 Å². The van der Waals surface area contributed by atoms with Gasteiger partial charge in [-0.15, -0.1) is 0 Å². The number of rotatable bonds is 4. The molecule has 0 spiro atoms. The van der Waals surface area contributed by atoms with Gasteiger partial charge < -0.3 is 15.0 Å². The number of nitrogens with one attached hydrogen (secondary N) is 2. The lowest BCUT2D eigenvalue weighted by molar-refractivity contribution is 0.415. The molecule has 0 bridgehead atoms. The number of hydrogen-bond donors (Lipinski definition) is 2. The zero-order chi connectivity index (χ0) is 12.4. The molecule has 0 saturated heterocycles. The summed E-state index contributed by atoms with van der Waals surface area (Å²) in [4.78, 5) is 3.45. The Morgan fingerprint density at radius 1 is 1.35 bits per heavy atom. The molecule has 0 atom stereocenters. The average molecular weight is 232 g/mol. The van der Waals surface area contributed by atoms with Crippen molar-refractivity contribution in [2.24, 2.45) is 0 Å². The van der Waals surface area contributed by atoms with Crippen molar-refractivity contribution >= 4 is 10.9 Å². The third-order valence-corrected chi connectivity index (χ3v) is 3.06. The SMILES string of the molecule is COc1ccc2[nH]c(CNC(C)C)c(C)c2c1. The molecule has 3 nitrogen and oxygen atoms in total. The Morgan fingerprint density at radius 3 is 2.76 bits per heavy atom. The van der Waals surface area contributed by atoms with Gasteiger partial charge in [0.15, 0.2) is 0 Å². The van der Waals surface area contributed by atoms with Crippen LogP contribution in [0.5, 0.6) is 5.75 Å². The highest BCUT2D eigenvalue weighted by atomic mass is 16.5. The number of methoxy groups -OCH3 is 1. The lowest BCUT2D eigenvalue weighted by Crippen LogP contribution is -2.22. The number of aromatic amines is 1. The van der Waals surface area contributed by atoms with Crippen LogP contribution in [0.3, 0.4) is 0 Å². The van der Waals surface area contributed by atoms with Crippen molar-refractivity contribution in [2.75, 3.05) is 7.11 Å². The second-order valence-electron chi connectivity index (χ2n) is 4.68. The zero-order valence-corrected chi connectivity index (χ0v) is 10.9. The van der Waals surface area contributed by atoms with Crippen LogP contribution >= 0.6 is 0 Å². The highest BCUT2D eigenvalue weighted by Crippen LogP contribution is 2.25. The van der Waals surface area contributed by atoms with Crippen molar-refractivity contribution < 1.29 is 4.74 Å². The van der Waals surface area contributed by atoms with Crippen molar-refractivity contribution in [2.45, 2.75) is 33.4 Å². The molecule has 2 aromatic rings. The minimum Gasteiger partial charge on any atom is -0.497 e. The molecule has 2 rings (SSSR count). The van der Waals surface area contributed by atoms with Gasteiger partial charge in [-0.3, -0.25) is 0 Å². The Kier molecular flexibility index (Phi) is 3.38. The van der Waals surface area contributed by atoms with Gasteiger partial charge in [0.25, 0.3) is 0 Å². The topological polar surface area (TPSA) is 37.0 Å². The first kappa shape index (κ1) is 12.0. The summed E-state index contributed by atoms with van der Waals surface area (Å²) in [5.41, 5.74) is 3.72. The third kappa shape index (κ3) is 2.44. The molecule has 0 saturated carbocycles. The van der Waals surface area contributed by atoms with Crippen LogP contribution in [0, 0.1) is 6.92 Å². The third-order valence-electron chi connectivity index (χ3n) is 3.06. The molecule has 0 radical (unpaired) electrons. The Bertz CT molecular complexity index is 514. The van der Waals surface area contributed by atoms with Gasteiger partial charge in [-0.25, -0.2) is 0 Å². The molecular weight excluding hydrogens is 212 g/mol. The molecule has 0 fully saturated rings. The summed E-state index contributed by atoms with van der Waals surface area (Å²) in [6, 6.07) is 6.63. The van der Waals surface area contributed by atoms with Crippen LogP contribution in [0.4, 0.5) is 0 Å². The standard InChI is InChI=1S/C14H20N2O/c1-9(2)15-8-14-10(3)12-7-11(17-4)5-6-13(12)16-14/h5-7,9,15-16H,8H2,1-4H3. The number of hydrogen-bond acceptors (Lipinski definition) is 2. The smallest absolute Gasteiger partial charge is 0.119 e. The Labute approximate surface area is 102 Å². The lowest BCUT2D eigenvalue weighted by Gasteiger charge is -2.07. The van der Waals surface area contributed by atoms with Gasteiger partial charge >= 0.3 is 0 Å². The van der Waals surface area contributed by atoms with Gasteiger partial charge in [0.2, 0.25) is 0 Å². The monoisotopic (exact) mass is 232 g/mol. The van der Waals surface area contributed by atoms with Gasteiger partial charge in [0, 0.05) is 29.2 Å². The number of aryl methyl sites for hydroxylation is 1. The van der Waals surface area contributed by atoms with Crippen LogP contribution in [-0.4, -0.2) is 18.1 Å². The fourth-order valence-corrected chi connectivity index (χ4v) is 1.97. The summed E-state index contributed by atoms with van der Waals surface area (Å²) >= 11 is 0. The van der Waals surface area contributed by atoms with E-state index in [1.165, 1.54) is 22.2 Å². The van der Waals surface area contributed by atoms with Crippen molar-refractivity contribution in [1.82, 2.24) is 10.3 Å². The lowest BCUT2D eigenvalue weighted by atomic mass is 10.1. The largest absolute Gasteiger partial charge is 0.497 e. The molecule has 0 unspecified atom stereocenters. The molecule has 0 aliphatic carbocycles. The van der Waals surface area contributed by atoms with Crippen molar-refractivity contribution in [3.05, 3.63) is 29.5 Å². The summed E-state index contributed by atoms with van der Waals surface area (Å²) in [5, 5.41) is 4.67. The Morgan fingerprint density at radius 2 is 2.12 bits per heavy atom. The molecule has 3 heteroatoms. The first-order valence-corrected chi connectivity index (χ1v) is 6.00. The molecule has 1 heterocycles. The minimum atomic E-state index is 0.496. The average Bonchev–Trinajstić information content (AvgIpc) is 2.63. The van der Waals surface area contributed by atoms with Crippen molar-refractivity contribution in [3.8, 4) is 5.75 Å². The molecule has 0 amide bonds. The molecule has 92 valence electrons. The molecule has 2 N–H and O–H groups in total. The molecular formula is C14H20N2O. The predicted octanol–water partition coefficient (Wildman–Crippen LogP) is 2.98. The van der Waals surface area contributed by atoms with E-state index in [0.29, 0.717) is 6.04 Å². The highest BCUT2D eigenvalue weighted by Gasteiger charge is 2.08. The number of aromatic nitrogens is 1. The van der Waals surface area contributed by atoms with Crippen molar-refractivity contribution in [1.29, 1.82) is 0 Å². The van der Waals surface area contributed by atoms with E-state index >= 15 is 0 Å². The van der Waals surface area contributed by atoms with Gasteiger partial charge in [0.05, 0.1) is 7.11 Å². The first-order chi connectivity index (χ1) is 8.11. The minimum absolute atomic E-state index is 0.496. The second-order valence-corrected chi connectivity index (χ2v) is 4.68. The summed E-state index contributed by atoms with van der Waals surface area (Å²) in [5.74, 6) is 0.906. The van der Waals surface area contributed by atoms with Crippen LogP contribution in [0.15, 0.2) is 18.2 Å². The van der Waals surface area contributed by atoms with E-state index in [2.05, 4.69) is 43.2 Å². The summed E-state index contributed by atoms with van der Waals surface area (Å²) < 4.78 is 5.26. The van der Waals surface area contributed by atoms with Crippen LogP contribution in [-0.2, 0) is 6.54 Å². The summed E-state index contributed by atoms with van der Waals surface area (Å²) in [6.45, 7) is 7.33. The van der Waals surface area contributed by atoms with E-state index in [9.17, 15) is 0 Å². The number of H-pyrrole nitrogens is 1. The van der Waals surface area contributed by atoms with Gasteiger partial charge in [-0.1, -0.05) is 13.8 Å². The first-order valence-electron chi connectivity index (χ1n) is 6.00. The fraction of sp³-hybridized carbons (Fsp3) is 0.429. The maximum absolute atomic E-state index is 5.26. The molecule has 17 heavy (non-hydrogen) atoms. The normalized spacial score (nSPS) is 11.4. The quantitative estimate of drug-likeness (QED) is 0.850. The van der Waals surface area contributed by atoms with Crippen molar-refractivity contribution in [3.63, 3.8) is 0 Å². The van der Waals surface area contributed by atoms with E-state index in [-0.39, 0.29) is 0 Å². The van der Waals surface area contributed by atoms with E-state index in [1.54, 1.807) is 7.11 Å². The van der Waals surface area contributed by atoms with Crippen LogP contribution < -0.4 is 10.1 Å². The number of benzene rings is 1. The van der Waals surface area contributed by atoms with E-state index in [0.717, 1.165) is 12.3 Å². The van der Waals surface area contributed by atoms with E-state index < -0.39 is 0 Å². The zero-order valence-electron chi connectivity index (χ0n) is 10.9. The Balaban J connectivity index is 2.35. The number of fused-ring (bicyclic) bond motifs is 1. The summed E-state index contributed by atoms with van der Waals surface area (Å²) in [7, 11) is 1.70. The fourth-order valence-electron chi connectivity index (χ4n) is 1.97. The second kappa shape index (κ2) is 4.80. The van der Waals surface area contributed by atoms with Crippen LogP contribution in [0.25, 0.3) is 10.9 Å². The molecule has 1 aromatic carbocycles. The summed E-state index contributed by atoms with van der Waals surface area (Å²) in [6.07, 6.45) is 0. The molecule has 0 aliphatic heterocycles. The number of ether oxygens (including phenoxy) is 1. The maximum atomic E-state index is 5.26. The molecule has 1 aromatic heterocycles. The predicted molar refractivity (Wildman–Crippen MR) is 71.6 cm³/mol. The van der Waals surface area contributed by atoms with E-state index in [1.807, 2.05) is 6.07 Å². The van der Waals surface area contributed by atoms with Gasteiger partial charge in [-0.2, -0.15) is 0 Å².